The highest BCUT2D eigenvalue weighted by atomic mass is 35.5. The molecular formula is C8H9Cl2NO3S. The molecule has 0 saturated heterocycles. The van der Waals surface area contributed by atoms with Crippen molar-refractivity contribution in [1.29, 1.82) is 0 Å². The van der Waals surface area contributed by atoms with Crippen LogP contribution in [0, 0.1) is 0 Å². The Morgan fingerprint density at radius 3 is 2.20 bits per heavy atom. The van der Waals surface area contributed by atoms with E-state index >= 15 is 0 Å². The third-order valence-corrected chi connectivity index (χ3v) is 2.86. The lowest BCUT2D eigenvalue weighted by molar-refractivity contribution is 0.237. The van der Waals surface area contributed by atoms with Crippen LogP contribution in [-0.4, -0.2) is 19.7 Å². The van der Waals surface area contributed by atoms with Crippen molar-refractivity contribution < 1.29 is 12.6 Å². The first-order valence-corrected chi connectivity index (χ1v) is 6.55. The maximum Gasteiger partial charge on any atom is 0.264 e. The molecule has 0 aromatic carbocycles. The lowest BCUT2D eigenvalue weighted by Gasteiger charge is -2.13. The van der Waals surface area contributed by atoms with Gasteiger partial charge in [0.25, 0.3) is 10.1 Å². The highest BCUT2D eigenvalue weighted by Crippen LogP contribution is 2.31. The Hall–Kier alpha value is -0.360. The lowest BCUT2D eigenvalue weighted by atomic mass is 10.2. The molecule has 15 heavy (non-hydrogen) atoms. The molecule has 0 saturated carbocycles. The molecule has 1 heterocycles. The van der Waals surface area contributed by atoms with Gasteiger partial charge >= 0.3 is 0 Å². The second-order valence-corrected chi connectivity index (χ2v) is 5.37. The number of aromatic nitrogens is 1. The molecule has 0 aliphatic heterocycles. The van der Waals surface area contributed by atoms with Crippen LogP contribution in [0.25, 0.3) is 0 Å². The number of hydrogen-bond donors (Lipinski definition) is 0. The fraction of sp³-hybridized carbons (Fsp3) is 0.375. The first-order valence-electron chi connectivity index (χ1n) is 3.98. The van der Waals surface area contributed by atoms with Crippen LogP contribution in [0.5, 0.6) is 0 Å². The van der Waals surface area contributed by atoms with Crippen molar-refractivity contribution in [2.24, 2.45) is 0 Å². The Labute approximate surface area is 98.3 Å². The van der Waals surface area contributed by atoms with Gasteiger partial charge in [-0.3, -0.25) is 9.17 Å². The van der Waals surface area contributed by atoms with Gasteiger partial charge < -0.3 is 0 Å². The van der Waals surface area contributed by atoms with Crippen LogP contribution < -0.4 is 0 Å². The molecule has 0 aliphatic rings. The molecule has 1 atom stereocenters. The largest absolute Gasteiger partial charge is 0.264 e. The van der Waals surface area contributed by atoms with E-state index in [0.29, 0.717) is 5.56 Å². The Kier molecular flexibility index (Phi) is 3.94. The van der Waals surface area contributed by atoms with Crippen molar-refractivity contribution in [3.05, 3.63) is 28.0 Å². The van der Waals surface area contributed by atoms with E-state index in [1.165, 1.54) is 12.4 Å². The Balaban J connectivity index is 3.06. The topological polar surface area (TPSA) is 56.3 Å². The van der Waals surface area contributed by atoms with E-state index in [2.05, 4.69) is 4.98 Å². The van der Waals surface area contributed by atoms with Gasteiger partial charge in [-0.15, -0.1) is 0 Å². The van der Waals surface area contributed by atoms with Crippen LogP contribution in [0.2, 0.25) is 10.0 Å². The normalized spacial score (nSPS) is 13.9. The molecule has 4 nitrogen and oxygen atoms in total. The van der Waals surface area contributed by atoms with Gasteiger partial charge in [0.1, 0.15) is 6.10 Å². The van der Waals surface area contributed by atoms with Gasteiger partial charge in [0.05, 0.1) is 16.3 Å². The second kappa shape index (κ2) is 4.65. The van der Waals surface area contributed by atoms with Gasteiger partial charge in [-0.05, 0) is 6.92 Å². The zero-order valence-corrected chi connectivity index (χ0v) is 10.4. The molecule has 1 aromatic heterocycles. The number of halogens is 2. The van der Waals surface area contributed by atoms with E-state index in [9.17, 15) is 8.42 Å². The number of hydrogen-bond acceptors (Lipinski definition) is 4. The van der Waals surface area contributed by atoms with Crippen molar-refractivity contribution in [3.63, 3.8) is 0 Å². The molecule has 0 spiro atoms. The molecule has 0 unspecified atom stereocenters. The van der Waals surface area contributed by atoms with Gasteiger partial charge in [0, 0.05) is 18.0 Å². The van der Waals surface area contributed by atoms with Crippen molar-refractivity contribution in [3.8, 4) is 0 Å². The molecule has 0 bridgehead atoms. The summed E-state index contributed by atoms with van der Waals surface area (Å²) in [7, 11) is -3.54. The van der Waals surface area contributed by atoms with E-state index in [-0.39, 0.29) is 10.0 Å². The number of rotatable bonds is 3. The van der Waals surface area contributed by atoms with E-state index < -0.39 is 16.2 Å². The molecule has 84 valence electrons. The minimum Gasteiger partial charge on any atom is -0.262 e. The minimum absolute atomic E-state index is 0.277. The lowest BCUT2D eigenvalue weighted by Crippen LogP contribution is -2.08. The van der Waals surface area contributed by atoms with Crippen LogP contribution in [-0.2, 0) is 14.3 Å². The highest BCUT2D eigenvalue weighted by molar-refractivity contribution is 7.86. The summed E-state index contributed by atoms with van der Waals surface area (Å²) in [5.74, 6) is 0. The summed E-state index contributed by atoms with van der Waals surface area (Å²) < 4.78 is 26.6. The smallest absolute Gasteiger partial charge is 0.262 e. The zero-order chi connectivity index (χ0) is 11.6. The quantitative estimate of drug-likeness (QED) is 0.791. The van der Waals surface area contributed by atoms with Crippen LogP contribution >= 0.6 is 23.2 Å². The standard InChI is InChI=1S/C8H9Cl2NO3S/c1-5(14-15(2,12)13)8-6(9)3-11-4-7(8)10/h3-5H,1-2H3/t5-/m1/s1. The summed E-state index contributed by atoms with van der Waals surface area (Å²) in [6.45, 7) is 1.55. The zero-order valence-electron chi connectivity index (χ0n) is 8.07. The summed E-state index contributed by atoms with van der Waals surface area (Å²) in [4.78, 5) is 3.75. The first-order chi connectivity index (χ1) is 6.81. The SMILES string of the molecule is C[C@@H](OS(C)(=O)=O)c1c(Cl)cncc1Cl. The molecule has 0 fully saturated rings. The molecule has 0 amide bonds. The highest BCUT2D eigenvalue weighted by Gasteiger charge is 2.18. The second-order valence-electron chi connectivity index (χ2n) is 2.96. The van der Waals surface area contributed by atoms with Gasteiger partial charge in [0.15, 0.2) is 0 Å². The van der Waals surface area contributed by atoms with E-state index in [1.807, 2.05) is 0 Å². The van der Waals surface area contributed by atoms with Gasteiger partial charge in [-0.25, -0.2) is 0 Å². The molecule has 0 radical (unpaired) electrons. The summed E-state index contributed by atoms with van der Waals surface area (Å²) >= 11 is 11.7. The Morgan fingerprint density at radius 2 is 1.80 bits per heavy atom. The average molecular weight is 270 g/mol. The third kappa shape index (κ3) is 3.61. The van der Waals surface area contributed by atoms with E-state index in [0.717, 1.165) is 6.26 Å². The maximum absolute atomic E-state index is 10.9. The van der Waals surface area contributed by atoms with E-state index in [1.54, 1.807) is 6.92 Å². The average Bonchev–Trinajstić information content (AvgIpc) is 1.99. The maximum atomic E-state index is 10.9. The predicted octanol–water partition coefficient (Wildman–Crippen LogP) is 2.43. The van der Waals surface area contributed by atoms with Gasteiger partial charge in [-0.1, -0.05) is 23.2 Å². The fourth-order valence-corrected chi connectivity index (χ4v) is 2.41. The van der Waals surface area contributed by atoms with E-state index in [4.69, 9.17) is 27.4 Å². The first kappa shape index (κ1) is 12.7. The van der Waals surface area contributed by atoms with Crippen molar-refractivity contribution in [2.75, 3.05) is 6.26 Å². The predicted molar refractivity (Wildman–Crippen MR) is 58.6 cm³/mol. The Morgan fingerprint density at radius 1 is 1.33 bits per heavy atom. The van der Waals surface area contributed by atoms with Crippen molar-refractivity contribution >= 4 is 33.3 Å². The summed E-state index contributed by atoms with van der Waals surface area (Å²) in [6.07, 6.45) is 2.99. The van der Waals surface area contributed by atoms with Crippen molar-refractivity contribution in [1.82, 2.24) is 4.98 Å². The summed E-state index contributed by atoms with van der Waals surface area (Å²) in [5.41, 5.74) is 0.416. The monoisotopic (exact) mass is 269 g/mol. The van der Waals surface area contributed by atoms with Crippen LogP contribution in [0.3, 0.4) is 0 Å². The number of pyridine rings is 1. The van der Waals surface area contributed by atoms with Crippen molar-refractivity contribution in [2.45, 2.75) is 13.0 Å². The molecule has 1 rings (SSSR count). The Bertz CT molecular complexity index is 441. The van der Waals surface area contributed by atoms with Crippen LogP contribution in [0.1, 0.15) is 18.6 Å². The molecule has 0 N–H and O–H groups in total. The molecule has 7 heteroatoms. The number of nitrogens with zero attached hydrogens (tertiary/aromatic N) is 1. The summed E-state index contributed by atoms with van der Waals surface area (Å²) in [6, 6.07) is 0. The van der Waals surface area contributed by atoms with Gasteiger partial charge in [0.2, 0.25) is 0 Å². The third-order valence-electron chi connectivity index (χ3n) is 1.62. The van der Waals surface area contributed by atoms with Crippen LogP contribution in [0.15, 0.2) is 12.4 Å². The molecular weight excluding hydrogens is 261 g/mol. The minimum atomic E-state index is -3.54. The van der Waals surface area contributed by atoms with Crippen LogP contribution in [0.4, 0.5) is 0 Å². The molecule has 1 aromatic rings. The summed E-state index contributed by atoms with van der Waals surface area (Å²) in [5, 5.41) is 0.553. The van der Waals surface area contributed by atoms with Gasteiger partial charge in [-0.2, -0.15) is 8.42 Å². The molecule has 0 aliphatic carbocycles. The fourth-order valence-electron chi connectivity index (χ4n) is 1.12.